The van der Waals surface area contributed by atoms with Crippen molar-refractivity contribution in [2.24, 2.45) is 0 Å². The average Bonchev–Trinajstić information content (AvgIpc) is 2.92. The molecule has 0 spiro atoms. The van der Waals surface area contributed by atoms with E-state index in [1.807, 2.05) is 30.3 Å². The van der Waals surface area contributed by atoms with Gasteiger partial charge in [0.05, 0.1) is 0 Å². The van der Waals surface area contributed by atoms with Crippen LogP contribution in [0.25, 0.3) is 11.4 Å². The Bertz CT molecular complexity index is 984. The largest absolute Gasteiger partial charge is 0.508 e. The summed E-state index contributed by atoms with van der Waals surface area (Å²) in [5, 5.41) is 28.4. The molecule has 7 nitrogen and oxygen atoms in total. The Morgan fingerprint density at radius 3 is 2.32 bits per heavy atom. The lowest BCUT2D eigenvalue weighted by Gasteiger charge is -2.11. The molecular weight excluding hydrogens is 318 g/mol. The van der Waals surface area contributed by atoms with Crippen molar-refractivity contribution >= 4 is 23.3 Å². The van der Waals surface area contributed by atoms with Gasteiger partial charge in [-0.15, -0.1) is 0 Å². The number of anilines is 2. The Morgan fingerprint density at radius 2 is 1.60 bits per heavy atom. The topological polar surface area (TPSA) is 115 Å². The van der Waals surface area contributed by atoms with Crippen molar-refractivity contribution in [3.8, 4) is 17.1 Å². The van der Waals surface area contributed by atoms with Gasteiger partial charge in [0.1, 0.15) is 22.8 Å². The van der Waals surface area contributed by atoms with E-state index in [2.05, 4.69) is 15.3 Å². The van der Waals surface area contributed by atoms with E-state index >= 15 is 0 Å². The van der Waals surface area contributed by atoms with Crippen molar-refractivity contribution in [1.82, 2.24) is 9.97 Å². The SMILES string of the molecule is N=C1OC(=N)c2c(Nc3ccc(O)cc3)nc(-c3ccccc3)nc21. The van der Waals surface area contributed by atoms with E-state index in [0.29, 0.717) is 22.9 Å². The first kappa shape index (κ1) is 14.8. The quantitative estimate of drug-likeness (QED) is 0.550. The number of nitrogens with zero attached hydrogens (tertiary/aromatic N) is 2. The van der Waals surface area contributed by atoms with Gasteiger partial charge in [0.15, 0.2) is 5.82 Å². The van der Waals surface area contributed by atoms with E-state index in [4.69, 9.17) is 15.6 Å². The monoisotopic (exact) mass is 331 g/mol. The van der Waals surface area contributed by atoms with Gasteiger partial charge in [-0.3, -0.25) is 10.8 Å². The van der Waals surface area contributed by atoms with Crippen LogP contribution < -0.4 is 5.32 Å². The minimum atomic E-state index is -0.173. The third-order valence-electron chi connectivity index (χ3n) is 3.72. The van der Waals surface area contributed by atoms with E-state index in [0.717, 1.165) is 5.56 Å². The summed E-state index contributed by atoms with van der Waals surface area (Å²) in [7, 11) is 0. The molecule has 4 rings (SSSR count). The zero-order valence-corrected chi connectivity index (χ0v) is 12.9. The highest BCUT2D eigenvalue weighted by molar-refractivity contribution is 6.18. The molecule has 0 saturated carbocycles. The number of aromatic hydroxyl groups is 1. The molecule has 0 saturated heterocycles. The molecule has 2 aromatic carbocycles. The van der Waals surface area contributed by atoms with Crippen LogP contribution in [0.5, 0.6) is 5.75 Å². The van der Waals surface area contributed by atoms with Crippen LogP contribution in [0.3, 0.4) is 0 Å². The molecule has 0 amide bonds. The predicted molar refractivity (Wildman–Crippen MR) is 93.6 cm³/mol. The molecule has 0 unspecified atom stereocenters. The van der Waals surface area contributed by atoms with Crippen molar-refractivity contribution in [2.45, 2.75) is 0 Å². The fourth-order valence-electron chi connectivity index (χ4n) is 2.53. The molecule has 3 aromatic rings. The second-order valence-electron chi connectivity index (χ2n) is 5.42. The molecule has 7 heteroatoms. The number of phenolic OH excluding ortho intramolecular Hbond substituents is 1. The summed E-state index contributed by atoms with van der Waals surface area (Å²) in [5.74, 6) is 0.626. The van der Waals surface area contributed by atoms with Gasteiger partial charge in [-0.05, 0) is 24.3 Å². The standard InChI is InChI=1S/C18H13N5O2/c19-15-13-14(16(20)25-15)22-17(10-4-2-1-3-5-10)23-18(13)21-11-6-8-12(24)9-7-11/h1-9,19-20,24H,(H,21,22,23). The van der Waals surface area contributed by atoms with Crippen molar-refractivity contribution in [1.29, 1.82) is 10.8 Å². The van der Waals surface area contributed by atoms with Crippen LogP contribution in [0.2, 0.25) is 0 Å². The Balaban J connectivity index is 1.85. The number of fused-ring (bicyclic) bond motifs is 1. The lowest BCUT2D eigenvalue weighted by molar-refractivity contribution is 0.475. The van der Waals surface area contributed by atoms with Crippen molar-refractivity contribution in [3.63, 3.8) is 0 Å². The fourth-order valence-corrected chi connectivity index (χ4v) is 2.53. The van der Waals surface area contributed by atoms with E-state index in [1.165, 1.54) is 0 Å². The fraction of sp³-hybridized carbons (Fsp3) is 0. The molecule has 1 aliphatic heterocycles. The van der Waals surface area contributed by atoms with Crippen LogP contribution in [0.1, 0.15) is 11.3 Å². The Labute approximate surface area is 143 Å². The minimum Gasteiger partial charge on any atom is -0.508 e. The van der Waals surface area contributed by atoms with Gasteiger partial charge in [0, 0.05) is 11.3 Å². The zero-order valence-electron chi connectivity index (χ0n) is 12.9. The van der Waals surface area contributed by atoms with Gasteiger partial charge in [-0.1, -0.05) is 30.3 Å². The zero-order chi connectivity index (χ0) is 17.4. The number of ether oxygens (including phenoxy) is 1. The lowest BCUT2D eigenvalue weighted by Crippen LogP contribution is -2.07. The maximum absolute atomic E-state index is 9.41. The van der Waals surface area contributed by atoms with E-state index in [1.54, 1.807) is 24.3 Å². The lowest BCUT2D eigenvalue weighted by atomic mass is 10.1. The molecular formula is C18H13N5O2. The molecule has 25 heavy (non-hydrogen) atoms. The second kappa shape index (κ2) is 5.72. The maximum Gasteiger partial charge on any atom is 0.240 e. The molecule has 0 bridgehead atoms. The van der Waals surface area contributed by atoms with E-state index < -0.39 is 0 Å². The van der Waals surface area contributed by atoms with Gasteiger partial charge >= 0.3 is 0 Å². The summed E-state index contributed by atoms with van der Waals surface area (Å²) in [4.78, 5) is 8.90. The highest BCUT2D eigenvalue weighted by atomic mass is 16.5. The van der Waals surface area contributed by atoms with E-state index in [-0.39, 0.29) is 23.2 Å². The first-order chi connectivity index (χ1) is 12.1. The van der Waals surface area contributed by atoms with Crippen LogP contribution in [0, 0.1) is 10.8 Å². The molecule has 1 aliphatic rings. The van der Waals surface area contributed by atoms with Crippen LogP contribution >= 0.6 is 0 Å². The molecule has 0 fully saturated rings. The first-order valence-electron chi connectivity index (χ1n) is 7.51. The molecule has 1 aromatic heterocycles. The maximum atomic E-state index is 9.41. The number of nitrogens with one attached hydrogen (secondary N) is 3. The Morgan fingerprint density at radius 1 is 0.880 bits per heavy atom. The third kappa shape index (κ3) is 2.67. The van der Waals surface area contributed by atoms with Crippen LogP contribution in [0.4, 0.5) is 11.5 Å². The summed E-state index contributed by atoms with van der Waals surface area (Å²) in [6, 6.07) is 15.9. The summed E-state index contributed by atoms with van der Waals surface area (Å²) < 4.78 is 5.10. The molecule has 0 aliphatic carbocycles. The highest BCUT2D eigenvalue weighted by Gasteiger charge is 2.31. The average molecular weight is 331 g/mol. The number of phenols is 1. The van der Waals surface area contributed by atoms with Gasteiger partial charge < -0.3 is 15.2 Å². The third-order valence-corrected chi connectivity index (χ3v) is 3.72. The summed E-state index contributed by atoms with van der Waals surface area (Å²) in [6.45, 7) is 0. The van der Waals surface area contributed by atoms with Crippen molar-refractivity contribution in [2.75, 3.05) is 5.32 Å². The molecule has 0 atom stereocenters. The van der Waals surface area contributed by atoms with Crippen LogP contribution in [0.15, 0.2) is 54.6 Å². The molecule has 2 heterocycles. The van der Waals surface area contributed by atoms with Crippen LogP contribution in [-0.2, 0) is 4.74 Å². The minimum absolute atomic E-state index is 0.154. The summed E-state index contributed by atoms with van der Waals surface area (Å²) >= 11 is 0. The predicted octanol–water partition coefficient (Wildman–Crippen LogP) is 3.27. The number of rotatable bonds is 3. The molecule has 4 N–H and O–H groups in total. The smallest absolute Gasteiger partial charge is 0.240 e. The van der Waals surface area contributed by atoms with Gasteiger partial charge in [0.25, 0.3) is 0 Å². The van der Waals surface area contributed by atoms with E-state index in [9.17, 15) is 5.11 Å². The highest BCUT2D eigenvalue weighted by Crippen LogP contribution is 2.30. The van der Waals surface area contributed by atoms with Crippen molar-refractivity contribution in [3.05, 3.63) is 65.9 Å². The van der Waals surface area contributed by atoms with Crippen LogP contribution in [-0.4, -0.2) is 26.9 Å². The Hall–Kier alpha value is -3.74. The molecule has 0 radical (unpaired) electrons. The Kier molecular flexibility index (Phi) is 3.39. The first-order valence-corrected chi connectivity index (χ1v) is 7.51. The summed E-state index contributed by atoms with van der Waals surface area (Å²) in [5.41, 5.74) is 2.10. The second-order valence-corrected chi connectivity index (χ2v) is 5.42. The van der Waals surface area contributed by atoms with Gasteiger partial charge in [-0.2, -0.15) is 0 Å². The number of hydrogen-bond acceptors (Lipinski definition) is 7. The normalized spacial score (nSPS) is 12.6. The van der Waals surface area contributed by atoms with Gasteiger partial charge in [-0.25, -0.2) is 9.97 Å². The number of aromatic nitrogens is 2. The van der Waals surface area contributed by atoms with Crippen molar-refractivity contribution < 1.29 is 9.84 Å². The van der Waals surface area contributed by atoms with Gasteiger partial charge in [0.2, 0.25) is 11.8 Å². The molecule has 122 valence electrons. The summed E-state index contributed by atoms with van der Waals surface area (Å²) in [6.07, 6.45) is 0. The number of benzene rings is 2. The number of hydrogen-bond donors (Lipinski definition) is 4.